The normalized spacial score (nSPS) is 21.2. The molecule has 24 heavy (non-hydrogen) atoms. The predicted molar refractivity (Wildman–Crippen MR) is 94.6 cm³/mol. The van der Waals surface area contributed by atoms with Crippen LogP contribution in [0, 0.1) is 5.92 Å². The Balaban J connectivity index is 1.90. The summed E-state index contributed by atoms with van der Waals surface area (Å²) in [6.07, 6.45) is 1.88. The van der Waals surface area contributed by atoms with E-state index in [4.69, 9.17) is 9.47 Å². The average molecular weight is 335 g/mol. The van der Waals surface area contributed by atoms with E-state index in [1.54, 1.807) is 14.2 Å². The van der Waals surface area contributed by atoms with Crippen molar-refractivity contribution >= 4 is 5.91 Å². The Kier molecular flexibility index (Phi) is 6.10. The van der Waals surface area contributed by atoms with Gasteiger partial charge in [0.25, 0.3) is 0 Å². The molecule has 0 aromatic heterocycles. The number of amides is 1. The lowest BCUT2D eigenvalue weighted by Crippen LogP contribution is -3.11. The summed E-state index contributed by atoms with van der Waals surface area (Å²) < 4.78 is 10.7. The Labute approximate surface area is 145 Å². The highest BCUT2D eigenvalue weighted by Gasteiger charge is 2.29. The van der Waals surface area contributed by atoms with Gasteiger partial charge in [-0.1, -0.05) is 0 Å². The van der Waals surface area contributed by atoms with Crippen LogP contribution in [-0.2, 0) is 11.3 Å². The van der Waals surface area contributed by atoms with Crippen LogP contribution in [0.3, 0.4) is 0 Å². The van der Waals surface area contributed by atoms with Gasteiger partial charge in [-0.3, -0.25) is 4.79 Å². The van der Waals surface area contributed by atoms with E-state index in [1.165, 1.54) is 10.5 Å². The molecule has 1 saturated heterocycles. The molecule has 2 rings (SSSR count). The van der Waals surface area contributed by atoms with E-state index in [-0.39, 0.29) is 17.4 Å². The van der Waals surface area contributed by atoms with E-state index in [1.807, 2.05) is 32.9 Å². The summed E-state index contributed by atoms with van der Waals surface area (Å²) in [4.78, 5) is 13.8. The summed E-state index contributed by atoms with van der Waals surface area (Å²) in [5.74, 6) is 2.02. The van der Waals surface area contributed by atoms with Crippen molar-refractivity contribution in [1.82, 2.24) is 5.32 Å². The van der Waals surface area contributed by atoms with Crippen LogP contribution in [0.2, 0.25) is 0 Å². The summed E-state index contributed by atoms with van der Waals surface area (Å²) in [6, 6.07) is 5.97. The van der Waals surface area contributed by atoms with Gasteiger partial charge in [0.15, 0.2) is 0 Å². The number of rotatable bonds is 5. The summed E-state index contributed by atoms with van der Waals surface area (Å²) in [6.45, 7) is 9.03. The Bertz CT molecular complexity index is 558. The minimum Gasteiger partial charge on any atom is -0.497 e. The lowest BCUT2D eigenvalue weighted by Gasteiger charge is -2.31. The number of ether oxygens (including phenoxy) is 2. The predicted octanol–water partition coefficient (Wildman–Crippen LogP) is 1.41. The summed E-state index contributed by atoms with van der Waals surface area (Å²) >= 11 is 0. The first kappa shape index (κ1) is 18.6. The van der Waals surface area contributed by atoms with Crippen molar-refractivity contribution in [2.75, 3.05) is 27.3 Å². The topological polar surface area (TPSA) is 52.0 Å². The summed E-state index contributed by atoms with van der Waals surface area (Å²) in [5.41, 5.74) is 1.03. The average Bonchev–Trinajstić information content (AvgIpc) is 2.54. The minimum absolute atomic E-state index is 0.144. The van der Waals surface area contributed by atoms with Crippen molar-refractivity contribution in [3.05, 3.63) is 23.8 Å². The zero-order valence-corrected chi connectivity index (χ0v) is 15.6. The zero-order valence-electron chi connectivity index (χ0n) is 15.6. The highest BCUT2D eigenvalue weighted by Crippen LogP contribution is 2.24. The number of methoxy groups -OCH3 is 2. The molecule has 0 saturated carbocycles. The van der Waals surface area contributed by atoms with Crippen LogP contribution < -0.4 is 19.7 Å². The largest absolute Gasteiger partial charge is 0.497 e. The van der Waals surface area contributed by atoms with Crippen LogP contribution in [0.15, 0.2) is 18.2 Å². The number of likely N-dealkylation sites (tertiary alicyclic amines) is 1. The van der Waals surface area contributed by atoms with Crippen LogP contribution in [0.4, 0.5) is 0 Å². The lowest BCUT2D eigenvalue weighted by molar-refractivity contribution is -0.919. The monoisotopic (exact) mass is 335 g/mol. The second-order valence-corrected chi connectivity index (χ2v) is 7.62. The third kappa shape index (κ3) is 5.13. The molecule has 5 nitrogen and oxygen atoms in total. The molecule has 2 N–H and O–H groups in total. The van der Waals surface area contributed by atoms with Crippen molar-refractivity contribution in [2.24, 2.45) is 5.92 Å². The molecule has 1 fully saturated rings. The molecule has 1 aliphatic rings. The SMILES string of the molecule is COc1ccc(C[NH+]2CCC(C(=O)NC(C)(C)C)CC2)c(OC)c1. The number of hydrogen-bond acceptors (Lipinski definition) is 3. The Morgan fingerprint density at radius 3 is 2.42 bits per heavy atom. The van der Waals surface area contributed by atoms with Crippen LogP contribution >= 0.6 is 0 Å². The number of carbonyl (C=O) groups is 1. The molecule has 5 heteroatoms. The lowest BCUT2D eigenvalue weighted by atomic mass is 9.94. The van der Waals surface area contributed by atoms with Crippen molar-refractivity contribution in [1.29, 1.82) is 0 Å². The maximum atomic E-state index is 12.3. The van der Waals surface area contributed by atoms with Gasteiger partial charge >= 0.3 is 0 Å². The first-order chi connectivity index (χ1) is 11.3. The first-order valence-electron chi connectivity index (χ1n) is 8.69. The van der Waals surface area contributed by atoms with E-state index in [9.17, 15) is 4.79 Å². The van der Waals surface area contributed by atoms with Gasteiger partial charge in [-0.05, 0) is 32.9 Å². The van der Waals surface area contributed by atoms with Crippen molar-refractivity contribution in [3.63, 3.8) is 0 Å². The molecular formula is C19H31N2O3+. The van der Waals surface area contributed by atoms with Gasteiger partial charge in [0.2, 0.25) is 5.91 Å². The zero-order chi connectivity index (χ0) is 17.7. The molecule has 134 valence electrons. The fourth-order valence-corrected chi connectivity index (χ4v) is 3.20. The van der Waals surface area contributed by atoms with Gasteiger partial charge < -0.3 is 19.7 Å². The molecule has 0 unspecified atom stereocenters. The molecule has 0 radical (unpaired) electrons. The van der Waals surface area contributed by atoms with Gasteiger partial charge in [0.1, 0.15) is 18.0 Å². The van der Waals surface area contributed by atoms with Gasteiger partial charge in [0, 0.05) is 35.9 Å². The second-order valence-electron chi connectivity index (χ2n) is 7.62. The van der Waals surface area contributed by atoms with Crippen LogP contribution in [0.1, 0.15) is 39.2 Å². The number of carbonyl (C=O) groups excluding carboxylic acids is 1. The van der Waals surface area contributed by atoms with E-state index in [0.717, 1.165) is 44.0 Å². The highest BCUT2D eigenvalue weighted by atomic mass is 16.5. The Morgan fingerprint density at radius 2 is 1.88 bits per heavy atom. The van der Waals surface area contributed by atoms with E-state index in [2.05, 4.69) is 11.4 Å². The third-order valence-electron chi connectivity index (χ3n) is 4.50. The summed E-state index contributed by atoms with van der Waals surface area (Å²) in [7, 11) is 3.35. The highest BCUT2D eigenvalue weighted by molar-refractivity contribution is 5.79. The van der Waals surface area contributed by atoms with Gasteiger partial charge in [0.05, 0.1) is 27.3 Å². The third-order valence-corrected chi connectivity index (χ3v) is 4.50. The maximum absolute atomic E-state index is 12.3. The maximum Gasteiger partial charge on any atom is 0.223 e. The fraction of sp³-hybridized carbons (Fsp3) is 0.632. The van der Waals surface area contributed by atoms with E-state index < -0.39 is 0 Å². The molecule has 0 bridgehead atoms. The molecule has 1 aliphatic heterocycles. The molecule has 1 aromatic carbocycles. The van der Waals surface area contributed by atoms with Gasteiger partial charge in [-0.15, -0.1) is 0 Å². The summed E-state index contributed by atoms with van der Waals surface area (Å²) in [5, 5.41) is 3.10. The molecule has 0 aliphatic carbocycles. The number of hydrogen-bond donors (Lipinski definition) is 2. The quantitative estimate of drug-likeness (QED) is 0.855. The van der Waals surface area contributed by atoms with Gasteiger partial charge in [-0.25, -0.2) is 0 Å². The molecule has 1 aromatic rings. The molecule has 0 atom stereocenters. The molecule has 1 heterocycles. The van der Waals surface area contributed by atoms with Crippen molar-refractivity contribution in [2.45, 2.75) is 45.7 Å². The fourth-order valence-electron chi connectivity index (χ4n) is 3.20. The van der Waals surface area contributed by atoms with Crippen molar-refractivity contribution in [3.8, 4) is 11.5 Å². The standard InChI is InChI=1S/C19H30N2O3/c1-19(2,3)20-18(22)14-8-10-21(11-9-14)13-15-6-7-16(23-4)12-17(15)24-5/h6-7,12,14H,8-11,13H2,1-5H3,(H,20,22)/p+1. The Hall–Kier alpha value is -1.75. The van der Waals surface area contributed by atoms with E-state index >= 15 is 0 Å². The van der Waals surface area contributed by atoms with E-state index in [0.29, 0.717) is 0 Å². The minimum atomic E-state index is -0.155. The number of benzene rings is 1. The van der Waals surface area contributed by atoms with Crippen LogP contribution in [0.5, 0.6) is 11.5 Å². The number of quaternary nitrogens is 1. The number of nitrogens with one attached hydrogen (secondary N) is 2. The van der Waals surface area contributed by atoms with Crippen molar-refractivity contribution < 1.29 is 19.2 Å². The van der Waals surface area contributed by atoms with Crippen LogP contribution in [0.25, 0.3) is 0 Å². The molecule has 0 spiro atoms. The van der Waals surface area contributed by atoms with Gasteiger partial charge in [-0.2, -0.15) is 0 Å². The van der Waals surface area contributed by atoms with Crippen LogP contribution in [-0.4, -0.2) is 38.8 Å². The first-order valence-corrected chi connectivity index (χ1v) is 8.69. The smallest absolute Gasteiger partial charge is 0.223 e. The second kappa shape index (κ2) is 7.88. The molecule has 1 amide bonds. The number of piperidine rings is 1. The Morgan fingerprint density at radius 1 is 1.21 bits per heavy atom. The molecular weight excluding hydrogens is 304 g/mol.